The number of ether oxygens (including phenoxy) is 1. The number of aryl methyl sites for hydroxylation is 1. The number of carbonyl (C=O) groups is 1. The zero-order valence-corrected chi connectivity index (χ0v) is 15.8. The molecule has 2 aromatic rings. The highest BCUT2D eigenvalue weighted by molar-refractivity contribution is 5.95. The first-order chi connectivity index (χ1) is 13.7. The Morgan fingerprint density at radius 3 is 2.55 bits per heavy atom. The van der Waals surface area contributed by atoms with Gasteiger partial charge in [-0.1, -0.05) is 30.0 Å². The Hall–Kier alpha value is -3.15. The van der Waals surface area contributed by atoms with E-state index in [9.17, 15) is 18.0 Å². The van der Waals surface area contributed by atoms with E-state index in [2.05, 4.69) is 21.6 Å². The number of quaternary nitrogens is 1. The molecular formula is C21H19F3N3O2+. The molecule has 0 radical (unpaired) electrons. The second kappa shape index (κ2) is 7.70. The first-order valence-electron chi connectivity index (χ1n) is 8.68. The third-order valence-electron chi connectivity index (χ3n) is 4.63. The standard InChI is InChI=1S/C21H19F3N3O2/c1-14-11-17(8-9-18(14)29-20(23)24)21(19(28)27(2,25)13-26-21)16-7-3-5-15(12-16)6-4-10-22/h3,5,7-9,11-13,20H,10,25H2,1-2H3/q+1. The highest BCUT2D eigenvalue weighted by atomic mass is 19.3. The quantitative estimate of drug-likeness (QED) is 0.370. The molecule has 2 atom stereocenters. The van der Waals surface area contributed by atoms with Crippen molar-refractivity contribution in [2.45, 2.75) is 19.1 Å². The molecule has 1 heterocycles. The fourth-order valence-electron chi connectivity index (χ4n) is 3.29. The van der Waals surface area contributed by atoms with Crippen LogP contribution in [0.3, 0.4) is 0 Å². The third-order valence-corrected chi connectivity index (χ3v) is 4.63. The molecule has 0 fully saturated rings. The summed E-state index contributed by atoms with van der Waals surface area (Å²) >= 11 is 0. The second-order valence-corrected chi connectivity index (χ2v) is 6.78. The van der Waals surface area contributed by atoms with Crippen LogP contribution in [0.5, 0.6) is 5.75 Å². The summed E-state index contributed by atoms with van der Waals surface area (Å²) < 4.78 is 41.5. The van der Waals surface area contributed by atoms with Gasteiger partial charge in [-0.05, 0) is 47.9 Å². The fourth-order valence-corrected chi connectivity index (χ4v) is 3.29. The maximum Gasteiger partial charge on any atom is 0.387 e. The van der Waals surface area contributed by atoms with E-state index in [0.29, 0.717) is 22.3 Å². The van der Waals surface area contributed by atoms with E-state index in [1.807, 2.05) is 0 Å². The van der Waals surface area contributed by atoms with E-state index in [4.69, 9.17) is 5.84 Å². The van der Waals surface area contributed by atoms with Gasteiger partial charge in [0.05, 0.1) is 7.05 Å². The van der Waals surface area contributed by atoms with Crippen LogP contribution in [0, 0.1) is 18.8 Å². The van der Waals surface area contributed by atoms with Crippen LogP contribution in [0.1, 0.15) is 22.3 Å². The number of hydrogen-bond donors (Lipinski definition) is 1. The summed E-state index contributed by atoms with van der Waals surface area (Å²) in [5.74, 6) is 10.6. The Kier molecular flexibility index (Phi) is 5.46. The van der Waals surface area contributed by atoms with Crippen LogP contribution in [-0.2, 0) is 10.3 Å². The maximum atomic E-state index is 13.3. The lowest BCUT2D eigenvalue weighted by Crippen LogP contribution is -2.56. The van der Waals surface area contributed by atoms with E-state index < -0.39 is 29.3 Å². The summed E-state index contributed by atoms with van der Waals surface area (Å²) in [6.07, 6.45) is 1.32. The Balaban J connectivity index is 2.19. The van der Waals surface area contributed by atoms with Crippen LogP contribution >= 0.6 is 0 Å². The van der Waals surface area contributed by atoms with Gasteiger partial charge in [-0.2, -0.15) is 14.6 Å². The molecule has 1 aliphatic heterocycles. The second-order valence-electron chi connectivity index (χ2n) is 6.78. The number of rotatable bonds is 4. The minimum absolute atomic E-state index is 0.000823. The van der Waals surface area contributed by atoms with Gasteiger partial charge in [-0.25, -0.2) is 14.2 Å². The number of nitrogens with zero attached hydrogens (tertiary/aromatic N) is 2. The zero-order chi connectivity index (χ0) is 21.2. The molecule has 0 aromatic heterocycles. The van der Waals surface area contributed by atoms with E-state index >= 15 is 0 Å². The molecule has 0 aliphatic carbocycles. The maximum absolute atomic E-state index is 13.3. The van der Waals surface area contributed by atoms with Crippen molar-refractivity contribution in [3.63, 3.8) is 0 Å². The van der Waals surface area contributed by atoms with Gasteiger partial charge in [0.2, 0.25) is 11.9 Å². The summed E-state index contributed by atoms with van der Waals surface area (Å²) in [6.45, 7) is -2.17. The SMILES string of the molecule is Cc1cc(C2(c3cccc(C#CCF)c3)N=C[N+](C)(N)C2=O)ccc1OC(F)F. The molecule has 2 unspecified atom stereocenters. The molecule has 0 bridgehead atoms. The number of carbonyl (C=O) groups excluding carboxylic acids is 1. The van der Waals surface area contributed by atoms with Crippen molar-refractivity contribution in [3.05, 3.63) is 64.7 Å². The lowest BCUT2D eigenvalue weighted by atomic mass is 9.81. The van der Waals surface area contributed by atoms with Crippen molar-refractivity contribution < 1.29 is 27.3 Å². The fraction of sp³-hybridized carbons (Fsp3) is 0.238. The zero-order valence-electron chi connectivity index (χ0n) is 15.8. The number of hydrogen-bond acceptors (Lipinski definition) is 4. The van der Waals surface area contributed by atoms with Gasteiger partial charge in [0.15, 0.2) is 6.67 Å². The number of benzene rings is 2. The van der Waals surface area contributed by atoms with Crippen molar-refractivity contribution in [2.24, 2.45) is 10.8 Å². The molecule has 1 aliphatic rings. The topological polar surface area (TPSA) is 64.7 Å². The van der Waals surface area contributed by atoms with Crippen LogP contribution in [0.4, 0.5) is 13.2 Å². The number of halogens is 3. The lowest BCUT2D eigenvalue weighted by Gasteiger charge is -2.27. The molecule has 0 spiro atoms. The molecule has 150 valence electrons. The Morgan fingerprint density at radius 1 is 1.24 bits per heavy atom. The van der Waals surface area contributed by atoms with Gasteiger partial charge in [0.25, 0.3) is 0 Å². The first-order valence-corrected chi connectivity index (χ1v) is 8.68. The molecule has 0 saturated carbocycles. The van der Waals surface area contributed by atoms with Crippen molar-refractivity contribution in [2.75, 3.05) is 13.7 Å². The van der Waals surface area contributed by atoms with Crippen molar-refractivity contribution >= 4 is 12.2 Å². The van der Waals surface area contributed by atoms with Crippen molar-refractivity contribution in [1.82, 2.24) is 0 Å². The van der Waals surface area contributed by atoms with E-state index in [1.165, 1.54) is 25.5 Å². The smallest absolute Gasteiger partial charge is 0.387 e. The summed E-state index contributed by atoms with van der Waals surface area (Å²) in [5.41, 5.74) is 0.358. The Bertz CT molecular complexity index is 1040. The van der Waals surface area contributed by atoms with Gasteiger partial charge < -0.3 is 4.74 Å². The van der Waals surface area contributed by atoms with Crippen LogP contribution in [0.25, 0.3) is 0 Å². The molecule has 29 heavy (non-hydrogen) atoms. The van der Waals surface area contributed by atoms with E-state index in [1.54, 1.807) is 37.3 Å². The highest BCUT2D eigenvalue weighted by Crippen LogP contribution is 2.41. The van der Waals surface area contributed by atoms with Crippen LogP contribution in [0.2, 0.25) is 0 Å². The Morgan fingerprint density at radius 2 is 1.97 bits per heavy atom. The van der Waals surface area contributed by atoms with Crippen molar-refractivity contribution in [1.29, 1.82) is 0 Å². The van der Waals surface area contributed by atoms with Crippen LogP contribution in [-0.4, -0.2) is 37.2 Å². The van der Waals surface area contributed by atoms with Gasteiger partial charge in [0, 0.05) is 5.56 Å². The van der Waals surface area contributed by atoms with Crippen LogP contribution < -0.4 is 10.6 Å². The van der Waals surface area contributed by atoms with Gasteiger partial charge >= 0.3 is 12.5 Å². The molecular weight excluding hydrogens is 383 g/mol. The Labute approximate surface area is 166 Å². The van der Waals surface area contributed by atoms with Gasteiger partial charge in [-0.3, -0.25) is 0 Å². The predicted octanol–water partition coefficient (Wildman–Crippen LogP) is 3.05. The number of nitrogens with two attached hydrogens (primary N) is 1. The third kappa shape index (κ3) is 3.75. The molecule has 1 amide bonds. The largest absolute Gasteiger partial charge is 0.435 e. The predicted molar refractivity (Wildman–Crippen MR) is 102 cm³/mol. The number of amides is 1. The normalized spacial score (nSPS) is 23.2. The average molecular weight is 402 g/mol. The van der Waals surface area contributed by atoms with Gasteiger partial charge in [0.1, 0.15) is 5.75 Å². The van der Waals surface area contributed by atoms with Crippen molar-refractivity contribution in [3.8, 4) is 17.6 Å². The highest BCUT2D eigenvalue weighted by Gasteiger charge is 2.56. The number of aliphatic imine (C=N–C) groups is 1. The summed E-state index contributed by atoms with van der Waals surface area (Å²) in [6, 6.07) is 11.1. The molecule has 5 nitrogen and oxygen atoms in total. The molecule has 2 N–H and O–H groups in total. The average Bonchev–Trinajstić information content (AvgIpc) is 2.92. The molecule has 3 rings (SSSR count). The number of alkyl halides is 3. The minimum atomic E-state index is -2.96. The summed E-state index contributed by atoms with van der Waals surface area (Å²) in [5, 5.41) is 0. The summed E-state index contributed by atoms with van der Waals surface area (Å²) in [4.78, 5) is 17.8. The van der Waals surface area contributed by atoms with Crippen LogP contribution in [0.15, 0.2) is 47.5 Å². The summed E-state index contributed by atoms with van der Waals surface area (Å²) in [7, 11) is 1.49. The molecule has 2 aromatic carbocycles. The number of likely N-dealkylation sites (N-methyl/N-ethyl adjacent to an activating group) is 1. The minimum Gasteiger partial charge on any atom is -0.435 e. The molecule has 0 saturated heterocycles. The van der Waals surface area contributed by atoms with E-state index in [0.717, 1.165) is 0 Å². The molecule has 8 heteroatoms. The lowest BCUT2D eigenvalue weighted by molar-refractivity contribution is -0.744. The van der Waals surface area contributed by atoms with Gasteiger partial charge in [-0.15, -0.1) is 4.59 Å². The first kappa shape index (κ1) is 20.6. The monoisotopic (exact) mass is 402 g/mol. The van der Waals surface area contributed by atoms with E-state index in [-0.39, 0.29) is 5.75 Å².